The maximum atomic E-state index is 13.0. The van der Waals surface area contributed by atoms with Crippen molar-refractivity contribution in [2.45, 2.75) is 375 Å². The fourth-order valence-corrected chi connectivity index (χ4v) is 12.4. The van der Waals surface area contributed by atoms with E-state index < -0.39 is 97.5 Å². The van der Waals surface area contributed by atoms with Crippen molar-refractivity contribution in [2.75, 3.05) is 39.6 Å². The Bertz CT molecular complexity index is 1800. The summed E-state index contributed by atoms with van der Waals surface area (Å²) >= 11 is 0. The second-order valence-electron chi connectivity index (χ2n) is 27.6. The van der Waals surface area contributed by atoms with E-state index >= 15 is 0 Å². The number of carbonyl (C=O) groups excluding carboxylic acids is 4. The monoisotopic (exact) mass is 1340 g/mol. The molecule has 17 nitrogen and oxygen atoms in total. The van der Waals surface area contributed by atoms with Gasteiger partial charge in [0.15, 0.2) is 12.2 Å². The number of hydrogen-bond donors (Lipinski definition) is 3. The summed E-state index contributed by atoms with van der Waals surface area (Å²) in [6.07, 6.45) is 44.6. The molecular weight excluding hydrogens is 1200 g/mol. The van der Waals surface area contributed by atoms with Gasteiger partial charge < -0.3 is 33.8 Å². The van der Waals surface area contributed by atoms with Gasteiger partial charge in [-0.2, -0.15) is 0 Å². The summed E-state index contributed by atoms with van der Waals surface area (Å²) in [5.74, 6) is 0.849. The van der Waals surface area contributed by atoms with E-state index in [2.05, 4.69) is 55.4 Å². The first kappa shape index (κ1) is 89.1. The molecule has 0 aromatic carbocycles. The molecule has 0 aliphatic carbocycles. The van der Waals surface area contributed by atoms with Gasteiger partial charge in [-0.15, -0.1) is 0 Å². The zero-order chi connectivity index (χ0) is 67.5. The van der Waals surface area contributed by atoms with Crippen molar-refractivity contribution < 1.29 is 80.2 Å². The SMILES string of the molecule is CCC(C)CCCCCCCCC(=O)OC[C@H](COP(=O)(O)OC[C@H](O)COP(=O)(O)OC[C@@H](COC(=O)CCCCCCCCCCCC(C)C)OC(=O)CCCCCCCCCC(C)C)OC(=O)CCCCCCCCCCCCCCCCCCC(C)C. The molecule has 91 heavy (non-hydrogen) atoms. The minimum atomic E-state index is -4.95. The molecule has 3 N–H and O–H groups in total. The molecule has 0 heterocycles. The number of unbranched alkanes of at least 4 members (excludes halogenated alkanes) is 34. The summed E-state index contributed by atoms with van der Waals surface area (Å²) < 4.78 is 68.3. The van der Waals surface area contributed by atoms with Gasteiger partial charge in [0.2, 0.25) is 0 Å². The number of rotatable bonds is 69. The first-order valence-electron chi connectivity index (χ1n) is 37.2. The largest absolute Gasteiger partial charge is 0.472 e. The molecule has 0 amide bonds. The van der Waals surface area contributed by atoms with Crippen LogP contribution in [-0.4, -0.2) is 96.7 Å². The Kier molecular flexibility index (Phi) is 60.3. The van der Waals surface area contributed by atoms with Crippen LogP contribution in [0.15, 0.2) is 0 Å². The minimum absolute atomic E-state index is 0.103. The van der Waals surface area contributed by atoms with Crippen molar-refractivity contribution in [3.8, 4) is 0 Å². The van der Waals surface area contributed by atoms with Crippen molar-refractivity contribution in [3.63, 3.8) is 0 Å². The maximum Gasteiger partial charge on any atom is 0.472 e. The summed E-state index contributed by atoms with van der Waals surface area (Å²) in [4.78, 5) is 72.6. The Hall–Kier alpha value is -1.94. The van der Waals surface area contributed by atoms with Gasteiger partial charge in [-0.3, -0.25) is 37.3 Å². The van der Waals surface area contributed by atoms with Gasteiger partial charge in [0.1, 0.15) is 19.3 Å². The summed E-state index contributed by atoms with van der Waals surface area (Å²) in [5, 5.41) is 10.6. The molecule has 0 rings (SSSR count). The van der Waals surface area contributed by atoms with E-state index in [4.69, 9.17) is 37.0 Å². The van der Waals surface area contributed by atoms with Gasteiger partial charge in [0.05, 0.1) is 26.4 Å². The zero-order valence-electron chi connectivity index (χ0n) is 59.5. The zero-order valence-corrected chi connectivity index (χ0v) is 61.3. The molecule has 0 radical (unpaired) electrons. The van der Waals surface area contributed by atoms with E-state index in [0.717, 1.165) is 114 Å². The van der Waals surface area contributed by atoms with Crippen molar-refractivity contribution in [2.24, 2.45) is 23.7 Å². The van der Waals surface area contributed by atoms with Gasteiger partial charge in [-0.1, -0.05) is 306 Å². The van der Waals surface area contributed by atoms with Crippen LogP contribution in [0.25, 0.3) is 0 Å². The highest BCUT2D eigenvalue weighted by molar-refractivity contribution is 7.47. The summed E-state index contributed by atoms with van der Waals surface area (Å²) in [6, 6.07) is 0. The number of esters is 4. The predicted octanol–water partition coefficient (Wildman–Crippen LogP) is 20.5. The molecule has 0 aliphatic heterocycles. The van der Waals surface area contributed by atoms with Crippen molar-refractivity contribution in [1.29, 1.82) is 0 Å². The summed E-state index contributed by atoms with van der Waals surface area (Å²) in [7, 11) is -9.90. The van der Waals surface area contributed by atoms with Crippen LogP contribution in [0.2, 0.25) is 0 Å². The van der Waals surface area contributed by atoms with E-state index in [9.17, 15) is 43.2 Å². The fourth-order valence-electron chi connectivity index (χ4n) is 10.8. The van der Waals surface area contributed by atoms with E-state index in [-0.39, 0.29) is 25.7 Å². The molecule has 19 heteroatoms. The number of hydrogen-bond acceptors (Lipinski definition) is 15. The Labute approximate surface area is 556 Å². The molecule has 0 aromatic rings. The number of ether oxygens (including phenoxy) is 4. The molecule has 3 unspecified atom stereocenters. The van der Waals surface area contributed by atoms with Gasteiger partial charge >= 0.3 is 39.5 Å². The number of aliphatic hydroxyl groups is 1. The number of phosphoric acid groups is 2. The maximum absolute atomic E-state index is 13.0. The highest BCUT2D eigenvalue weighted by Crippen LogP contribution is 2.45. The summed E-state index contributed by atoms with van der Waals surface area (Å²) in [5.41, 5.74) is 0. The number of phosphoric ester groups is 2. The van der Waals surface area contributed by atoms with Crippen LogP contribution in [0, 0.1) is 23.7 Å². The molecule has 0 saturated carbocycles. The van der Waals surface area contributed by atoms with Crippen LogP contribution >= 0.6 is 15.6 Å². The van der Waals surface area contributed by atoms with Crippen molar-refractivity contribution >= 4 is 39.5 Å². The van der Waals surface area contributed by atoms with Crippen LogP contribution < -0.4 is 0 Å². The first-order chi connectivity index (χ1) is 43.6. The fraction of sp³-hybridized carbons (Fsp3) is 0.944. The van der Waals surface area contributed by atoms with Gasteiger partial charge in [0, 0.05) is 25.7 Å². The lowest BCUT2D eigenvalue weighted by Gasteiger charge is -2.21. The van der Waals surface area contributed by atoms with E-state index in [1.54, 1.807) is 0 Å². The lowest BCUT2D eigenvalue weighted by atomic mass is 10.00. The lowest BCUT2D eigenvalue weighted by Crippen LogP contribution is -2.30. The topological polar surface area (TPSA) is 237 Å². The molecule has 0 aromatic heterocycles. The van der Waals surface area contributed by atoms with Gasteiger partial charge in [-0.25, -0.2) is 9.13 Å². The Morgan fingerprint density at radius 2 is 0.527 bits per heavy atom. The standard InChI is InChI=1S/C72H140O17P2/c1-9-65(8)51-43-35-30-31-37-45-53-70(75)83-59-68(88-71(76)54-46-38-28-21-17-15-13-11-10-12-14-16-19-24-32-40-48-62(2)3)61-87-91(80,81)85-57-66(73)56-84-90(78,79)86-60-67(89-72(77)55-47-39-29-23-26-34-42-50-64(6)7)58-82-69(74)52-44-36-27-22-18-20-25-33-41-49-63(4)5/h62-68,73H,9-61H2,1-8H3,(H,78,79)(H,80,81)/t65?,66-,67-,68-/m1/s1. The molecule has 0 bridgehead atoms. The molecule has 540 valence electrons. The van der Waals surface area contributed by atoms with E-state index in [1.165, 1.54) is 154 Å². The quantitative estimate of drug-likeness (QED) is 0.0222. The van der Waals surface area contributed by atoms with Crippen LogP contribution in [-0.2, 0) is 65.4 Å². The Morgan fingerprint density at radius 3 is 0.780 bits per heavy atom. The van der Waals surface area contributed by atoms with Crippen molar-refractivity contribution in [3.05, 3.63) is 0 Å². The number of aliphatic hydroxyl groups excluding tert-OH is 1. The average Bonchev–Trinajstić information content (AvgIpc) is 3.72. The average molecular weight is 1340 g/mol. The van der Waals surface area contributed by atoms with Gasteiger partial charge in [-0.05, 0) is 49.4 Å². The Balaban J connectivity index is 5.20. The second kappa shape index (κ2) is 61.6. The molecule has 0 saturated heterocycles. The Morgan fingerprint density at radius 1 is 0.308 bits per heavy atom. The van der Waals surface area contributed by atoms with Crippen LogP contribution in [0.3, 0.4) is 0 Å². The second-order valence-corrected chi connectivity index (χ2v) is 30.6. The van der Waals surface area contributed by atoms with Crippen LogP contribution in [0.4, 0.5) is 0 Å². The van der Waals surface area contributed by atoms with E-state index in [1.807, 2.05) is 0 Å². The smallest absolute Gasteiger partial charge is 0.462 e. The first-order valence-corrected chi connectivity index (χ1v) is 40.2. The summed E-state index contributed by atoms with van der Waals surface area (Å²) in [6.45, 7) is 14.1. The lowest BCUT2D eigenvalue weighted by molar-refractivity contribution is -0.161. The van der Waals surface area contributed by atoms with E-state index in [0.29, 0.717) is 31.6 Å². The third-order valence-electron chi connectivity index (χ3n) is 16.9. The molecule has 6 atom stereocenters. The van der Waals surface area contributed by atoms with Crippen molar-refractivity contribution in [1.82, 2.24) is 0 Å². The minimum Gasteiger partial charge on any atom is -0.462 e. The van der Waals surface area contributed by atoms with Crippen LogP contribution in [0.5, 0.6) is 0 Å². The molecular formula is C72H140O17P2. The normalized spacial score (nSPS) is 14.5. The van der Waals surface area contributed by atoms with Gasteiger partial charge in [0.25, 0.3) is 0 Å². The number of carbonyl (C=O) groups is 4. The highest BCUT2D eigenvalue weighted by Gasteiger charge is 2.30. The van der Waals surface area contributed by atoms with Crippen LogP contribution in [0.1, 0.15) is 357 Å². The molecule has 0 aliphatic rings. The predicted molar refractivity (Wildman–Crippen MR) is 367 cm³/mol. The third kappa shape index (κ3) is 65.1. The third-order valence-corrected chi connectivity index (χ3v) is 18.8. The molecule has 0 spiro atoms. The molecule has 0 fully saturated rings. The highest BCUT2D eigenvalue weighted by atomic mass is 31.2.